The van der Waals surface area contributed by atoms with Crippen LogP contribution in [0.2, 0.25) is 6.04 Å². The van der Waals surface area contributed by atoms with Gasteiger partial charge in [-0.2, -0.15) is 0 Å². The summed E-state index contributed by atoms with van der Waals surface area (Å²) in [5.74, 6) is 1.17. The molecule has 0 saturated heterocycles. The summed E-state index contributed by atoms with van der Waals surface area (Å²) in [5, 5.41) is 7.03. The number of hydrogen-bond acceptors (Lipinski definition) is 2. The molecule has 0 bridgehead atoms. The van der Waals surface area contributed by atoms with Gasteiger partial charge < -0.3 is 10.6 Å². The molecule has 2 nitrogen and oxygen atoms in total. The summed E-state index contributed by atoms with van der Waals surface area (Å²) in [5.41, 5.74) is 0.241. The normalized spacial score (nSPS) is 12.4. The third kappa shape index (κ3) is 9.85. The predicted octanol–water partition coefficient (Wildman–Crippen LogP) is 1.78. The van der Waals surface area contributed by atoms with Gasteiger partial charge >= 0.3 is 0 Å². The maximum atomic E-state index is 3.51. The Morgan fingerprint density at radius 1 is 1.00 bits per heavy atom. The molecule has 0 radical (unpaired) electrons. The van der Waals surface area contributed by atoms with E-state index in [2.05, 4.69) is 58.3 Å². The molecule has 0 heterocycles. The van der Waals surface area contributed by atoms with E-state index in [0.29, 0.717) is 0 Å². The first-order valence-electron chi connectivity index (χ1n) is 5.90. The second-order valence-electron chi connectivity index (χ2n) is 6.16. The summed E-state index contributed by atoms with van der Waals surface area (Å²) in [6.45, 7) is 13.1. The van der Waals surface area contributed by atoms with Crippen LogP contribution >= 0.6 is 0 Å². The van der Waals surface area contributed by atoms with E-state index in [4.69, 9.17) is 0 Å². The van der Waals surface area contributed by atoms with Crippen molar-refractivity contribution in [3.05, 3.63) is 11.9 Å². The number of allylic oxidation sites excluding steroid dienone is 1. The second-order valence-corrected chi connectivity index (χ2v) is 7.16. The van der Waals surface area contributed by atoms with Crippen LogP contribution in [0.15, 0.2) is 11.9 Å². The molecule has 0 aliphatic rings. The van der Waals surface area contributed by atoms with Crippen LogP contribution in [0.25, 0.3) is 0 Å². The summed E-state index contributed by atoms with van der Waals surface area (Å²) < 4.78 is 0. The quantitative estimate of drug-likeness (QED) is 0.717. The molecule has 15 heavy (non-hydrogen) atoms. The fourth-order valence-corrected chi connectivity index (χ4v) is 1.52. The highest BCUT2D eigenvalue weighted by molar-refractivity contribution is 6.08. The van der Waals surface area contributed by atoms with Crippen molar-refractivity contribution in [1.82, 2.24) is 10.6 Å². The van der Waals surface area contributed by atoms with Crippen molar-refractivity contribution in [1.29, 1.82) is 0 Å². The van der Waals surface area contributed by atoms with Crippen LogP contribution in [0, 0.1) is 0 Å². The van der Waals surface area contributed by atoms with Crippen molar-refractivity contribution in [3.63, 3.8) is 0 Å². The Morgan fingerprint density at radius 3 is 1.67 bits per heavy atom. The van der Waals surface area contributed by atoms with E-state index in [1.165, 1.54) is 28.5 Å². The van der Waals surface area contributed by atoms with Gasteiger partial charge in [-0.05, 0) is 54.0 Å². The lowest BCUT2D eigenvalue weighted by atomic mass is 10.1. The zero-order valence-electron chi connectivity index (χ0n) is 11.5. The Morgan fingerprint density at radius 2 is 1.40 bits per heavy atom. The topological polar surface area (TPSA) is 24.1 Å². The molecule has 90 valence electrons. The zero-order valence-corrected chi connectivity index (χ0v) is 13.5. The van der Waals surface area contributed by atoms with Gasteiger partial charge in [-0.3, -0.25) is 0 Å². The Balaban J connectivity index is 4.46. The number of rotatable bonds is 4. The van der Waals surface area contributed by atoms with Gasteiger partial charge in [0.1, 0.15) is 0 Å². The minimum atomic E-state index is 0.120. The average molecular weight is 228 g/mol. The standard InChI is InChI=1S/C12H28N2Si/c1-11(2,3)13-10(8-7-9-15)14-12(4,5)6/h8,13-14H,7,9H2,1-6,15H3. The van der Waals surface area contributed by atoms with Crippen molar-refractivity contribution in [2.24, 2.45) is 0 Å². The van der Waals surface area contributed by atoms with Crippen molar-refractivity contribution in [3.8, 4) is 0 Å². The molecule has 0 amide bonds. The average Bonchev–Trinajstić information content (AvgIpc) is 1.94. The number of nitrogens with one attached hydrogen (secondary N) is 2. The van der Waals surface area contributed by atoms with Crippen molar-refractivity contribution in [2.45, 2.75) is 65.1 Å². The van der Waals surface area contributed by atoms with Crippen molar-refractivity contribution < 1.29 is 0 Å². The molecule has 0 unspecified atom stereocenters. The van der Waals surface area contributed by atoms with Crippen LogP contribution in [0.1, 0.15) is 48.0 Å². The van der Waals surface area contributed by atoms with E-state index < -0.39 is 0 Å². The highest BCUT2D eigenvalue weighted by Gasteiger charge is 2.15. The maximum Gasteiger partial charge on any atom is 0.0953 e. The highest BCUT2D eigenvalue weighted by atomic mass is 28.1. The molecule has 0 aliphatic carbocycles. The minimum absolute atomic E-state index is 0.120. The molecule has 0 aromatic carbocycles. The summed E-state index contributed by atoms with van der Waals surface area (Å²) in [6, 6.07) is 1.32. The van der Waals surface area contributed by atoms with Gasteiger partial charge in [0, 0.05) is 21.3 Å². The Hall–Kier alpha value is -0.443. The first kappa shape index (κ1) is 14.6. The first-order valence-corrected chi connectivity index (χ1v) is 7.32. The maximum absolute atomic E-state index is 3.51. The third-order valence-corrected chi connectivity index (χ3v) is 2.23. The Kier molecular flexibility index (Phi) is 5.42. The highest BCUT2D eigenvalue weighted by Crippen LogP contribution is 2.08. The second kappa shape index (κ2) is 5.59. The lowest BCUT2D eigenvalue weighted by molar-refractivity contribution is 0.396. The molecular formula is C12H28N2Si. The monoisotopic (exact) mass is 228 g/mol. The lowest BCUT2D eigenvalue weighted by Gasteiger charge is -2.30. The third-order valence-electron chi connectivity index (χ3n) is 1.66. The van der Waals surface area contributed by atoms with Gasteiger partial charge in [0.25, 0.3) is 0 Å². The molecule has 0 aromatic heterocycles. The fourth-order valence-electron chi connectivity index (χ4n) is 1.23. The summed E-state index contributed by atoms with van der Waals surface area (Å²) in [7, 11) is 1.28. The summed E-state index contributed by atoms with van der Waals surface area (Å²) in [6.07, 6.45) is 3.46. The van der Waals surface area contributed by atoms with Gasteiger partial charge in [-0.15, -0.1) is 0 Å². The summed E-state index contributed by atoms with van der Waals surface area (Å²) in [4.78, 5) is 0. The van der Waals surface area contributed by atoms with E-state index in [0.717, 1.165) is 0 Å². The molecule has 0 aliphatic heterocycles. The van der Waals surface area contributed by atoms with Gasteiger partial charge in [-0.25, -0.2) is 0 Å². The lowest BCUT2D eigenvalue weighted by Crippen LogP contribution is -2.46. The van der Waals surface area contributed by atoms with E-state index in [1.807, 2.05) is 0 Å². The van der Waals surface area contributed by atoms with E-state index in [-0.39, 0.29) is 11.1 Å². The van der Waals surface area contributed by atoms with Gasteiger partial charge in [0.15, 0.2) is 0 Å². The van der Waals surface area contributed by atoms with E-state index >= 15 is 0 Å². The minimum Gasteiger partial charge on any atom is -0.368 e. The van der Waals surface area contributed by atoms with Crippen LogP contribution in [-0.2, 0) is 0 Å². The van der Waals surface area contributed by atoms with Gasteiger partial charge in [0.05, 0.1) is 5.82 Å². The van der Waals surface area contributed by atoms with E-state index in [1.54, 1.807) is 0 Å². The van der Waals surface area contributed by atoms with Gasteiger partial charge in [0.2, 0.25) is 0 Å². The molecular weight excluding hydrogens is 200 g/mol. The zero-order chi connectivity index (χ0) is 12.1. The molecule has 0 spiro atoms. The van der Waals surface area contributed by atoms with Crippen molar-refractivity contribution >= 4 is 10.2 Å². The summed E-state index contributed by atoms with van der Waals surface area (Å²) >= 11 is 0. The fraction of sp³-hybridized carbons (Fsp3) is 0.833. The molecule has 0 aromatic rings. The largest absolute Gasteiger partial charge is 0.368 e. The molecule has 0 atom stereocenters. The Labute approximate surface area is 98.3 Å². The molecule has 0 saturated carbocycles. The molecule has 0 fully saturated rings. The van der Waals surface area contributed by atoms with Crippen LogP contribution in [0.5, 0.6) is 0 Å². The predicted molar refractivity (Wildman–Crippen MR) is 73.2 cm³/mol. The Bertz CT molecular complexity index is 191. The molecule has 3 heteroatoms. The SMILES string of the molecule is CC(C)(C)NC(=CCC[SiH3])NC(C)(C)C. The smallest absolute Gasteiger partial charge is 0.0953 e. The van der Waals surface area contributed by atoms with Crippen LogP contribution < -0.4 is 10.6 Å². The van der Waals surface area contributed by atoms with Crippen molar-refractivity contribution in [2.75, 3.05) is 0 Å². The molecule has 0 rings (SSSR count). The molecule has 2 N–H and O–H groups in total. The number of hydrogen-bond donors (Lipinski definition) is 2. The van der Waals surface area contributed by atoms with Gasteiger partial charge in [-0.1, -0.05) is 6.04 Å². The van der Waals surface area contributed by atoms with E-state index in [9.17, 15) is 0 Å². The van der Waals surface area contributed by atoms with Crippen LogP contribution in [0.4, 0.5) is 0 Å². The first-order chi connectivity index (χ1) is 6.64. The van der Waals surface area contributed by atoms with Crippen LogP contribution in [0.3, 0.4) is 0 Å². The van der Waals surface area contributed by atoms with Crippen LogP contribution in [-0.4, -0.2) is 21.3 Å².